The number of ether oxygens (including phenoxy) is 1. The molecule has 2 N–H and O–H groups in total. The molecular weight excluding hydrogens is 363 g/mol. The van der Waals surface area contributed by atoms with Gasteiger partial charge in [0.1, 0.15) is 24.0 Å². The zero-order valence-electron chi connectivity index (χ0n) is 13.4. The van der Waals surface area contributed by atoms with E-state index in [1.165, 1.54) is 6.07 Å². The smallest absolute Gasteiger partial charge is 0.214 e. The molecule has 8 heteroatoms. The number of rotatable bonds is 6. The first-order valence-corrected chi connectivity index (χ1v) is 8.36. The third kappa shape index (κ3) is 4.18. The molecule has 0 bridgehead atoms. The van der Waals surface area contributed by atoms with Crippen molar-refractivity contribution in [3.8, 4) is 5.75 Å². The minimum absolute atomic E-state index is 0.130. The van der Waals surface area contributed by atoms with Crippen LogP contribution in [0.3, 0.4) is 0 Å². The summed E-state index contributed by atoms with van der Waals surface area (Å²) in [5.74, 6) is 1.03. The fraction of sp³-hybridized carbons (Fsp3) is 0.176. The molecule has 0 aliphatic rings. The molecule has 5 nitrogen and oxygen atoms in total. The van der Waals surface area contributed by atoms with Crippen LogP contribution in [-0.4, -0.2) is 14.9 Å². The lowest BCUT2D eigenvalue weighted by Gasteiger charge is -2.14. The van der Waals surface area contributed by atoms with Gasteiger partial charge in [-0.05, 0) is 43.4 Å². The number of aryl methyl sites for hydroxylation is 1. The van der Waals surface area contributed by atoms with Crippen LogP contribution >= 0.6 is 23.8 Å². The molecule has 0 saturated heterocycles. The predicted octanol–water partition coefficient (Wildman–Crippen LogP) is 4.36. The lowest BCUT2D eigenvalue weighted by Crippen LogP contribution is -2.16. The summed E-state index contributed by atoms with van der Waals surface area (Å²) in [7, 11) is 0. The van der Waals surface area contributed by atoms with Gasteiger partial charge in [-0.25, -0.2) is 9.07 Å². The van der Waals surface area contributed by atoms with Gasteiger partial charge in [0.25, 0.3) is 0 Å². The largest absolute Gasteiger partial charge is 0.488 e. The van der Waals surface area contributed by atoms with Crippen LogP contribution in [0.5, 0.6) is 5.75 Å². The molecule has 25 heavy (non-hydrogen) atoms. The van der Waals surface area contributed by atoms with Crippen molar-refractivity contribution in [1.29, 1.82) is 0 Å². The first-order valence-electron chi connectivity index (χ1n) is 7.57. The second kappa shape index (κ2) is 7.67. The lowest BCUT2D eigenvalue weighted by molar-refractivity contribution is 0.297. The summed E-state index contributed by atoms with van der Waals surface area (Å²) in [6.45, 7) is 2.38. The Morgan fingerprint density at radius 1 is 1.28 bits per heavy atom. The Labute approximate surface area is 154 Å². The maximum atomic E-state index is 13.7. The summed E-state index contributed by atoms with van der Waals surface area (Å²) >= 11 is 11.3. The van der Waals surface area contributed by atoms with Crippen molar-refractivity contribution in [3.63, 3.8) is 0 Å². The molecule has 0 aliphatic heterocycles. The van der Waals surface area contributed by atoms with Crippen LogP contribution in [0, 0.1) is 17.5 Å². The SMILES string of the molecule is Cc1n[nH]c(=S)n1NCc1cc(Cl)ccc1OCc1ccccc1F. The van der Waals surface area contributed by atoms with Crippen LogP contribution in [-0.2, 0) is 13.2 Å². The van der Waals surface area contributed by atoms with Gasteiger partial charge in [-0.2, -0.15) is 5.10 Å². The summed E-state index contributed by atoms with van der Waals surface area (Å²) in [6, 6.07) is 11.8. The number of H-pyrrole nitrogens is 1. The standard InChI is InChI=1S/C17H16ClFN4OS/c1-11-21-22-17(25)23(11)20-9-13-8-14(18)6-7-16(13)24-10-12-4-2-3-5-15(12)19/h2-8,20H,9-10H2,1H3,(H,22,25). The summed E-state index contributed by atoms with van der Waals surface area (Å²) in [6.07, 6.45) is 0. The van der Waals surface area contributed by atoms with E-state index in [2.05, 4.69) is 15.6 Å². The van der Waals surface area contributed by atoms with Gasteiger partial charge in [0.05, 0.1) is 6.54 Å². The molecule has 3 rings (SSSR count). The van der Waals surface area contributed by atoms with Gasteiger partial charge in [-0.3, -0.25) is 5.10 Å². The summed E-state index contributed by atoms with van der Waals surface area (Å²) in [5, 5.41) is 7.33. The predicted molar refractivity (Wildman–Crippen MR) is 97.4 cm³/mol. The number of nitrogens with one attached hydrogen (secondary N) is 2. The van der Waals surface area contributed by atoms with Gasteiger partial charge >= 0.3 is 0 Å². The molecule has 0 unspecified atom stereocenters. The highest BCUT2D eigenvalue weighted by Gasteiger charge is 2.09. The highest BCUT2D eigenvalue weighted by molar-refractivity contribution is 7.71. The number of aromatic amines is 1. The van der Waals surface area contributed by atoms with Crippen LogP contribution in [0.25, 0.3) is 0 Å². The highest BCUT2D eigenvalue weighted by Crippen LogP contribution is 2.24. The molecule has 1 aromatic heterocycles. The van der Waals surface area contributed by atoms with Gasteiger partial charge in [0.15, 0.2) is 0 Å². The van der Waals surface area contributed by atoms with Crippen molar-refractivity contribution in [2.24, 2.45) is 0 Å². The van der Waals surface area contributed by atoms with Gasteiger partial charge in [0, 0.05) is 16.1 Å². The number of hydrogen-bond donors (Lipinski definition) is 2. The quantitative estimate of drug-likeness (QED) is 0.625. The Morgan fingerprint density at radius 3 is 2.80 bits per heavy atom. The van der Waals surface area contributed by atoms with Crippen molar-refractivity contribution in [2.45, 2.75) is 20.1 Å². The molecule has 0 fully saturated rings. The van der Waals surface area contributed by atoms with Crippen molar-refractivity contribution >= 4 is 23.8 Å². The molecule has 2 aromatic carbocycles. The van der Waals surface area contributed by atoms with Crippen molar-refractivity contribution in [3.05, 3.63) is 75.0 Å². The lowest BCUT2D eigenvalue weighted by atomic mass is 10.2. The second-order valence-corrected chi connectivity index (χ2v) is 6.20. The second-order valence-electron chi connectivity index (χ2n) is 5.38. The number of aromatic nitrogens is 3. The van der Waals surface area contributed by atoms with E-state index in [1.54, 1.807) is 41.1 Å². The topological polar surface area (TPSA) is 54.9 Å². The molecule has 0 atom stereocenters. The summed E-state index contributed by atoms with van der Waals surface area (Å²) in [5.41, 5.74) is 4.48. The van der Waals surface area contributed by atoms with Gasteiger partial charge in [-0.15, -0.1) is 0 Å². The normalized spacial score (nSPS) is 10.7. The Bertz CT molecular complexity index is 940. The van der Waals surface area contributed by atoms with Crippen LogP contribution in [0.2, 0.25) is 5.02 Å². The van der Waals surface area contributed by atoms with E-state index in [4.69, 9.17) is 28.6 Å². The molecular formula is C17H16ClFN4OS. The van der Waals surface area contributed by atoms with Crippen LogP contribution in [0.15, 0.2) is 42.5 Å². The monoisotopic (exact) mass is 378 g/mol. The maximum absolute atomic E-state index is 13.7. The molecule has 0 saturated carbocycles. The highest BCUT2D eigenvalue weighted by atomic mass is 35.5. The average molecular weight is 379 g/mol. The Morgan fingerprint density at radius 2 is 2.08 bits per heavy atom. The molecule has 0 radical (unpaired) electrons. The summed E-state index contributed by atoms with van der Waals surface area (Å²) in [4.78, 5) is 0. The van der Waals surface area contributed by atoms with E-state index in [0.29, 0.717) is 33.5 Å². The summed E-state index contributed by atoms with van der Waals surface area (Å²) < 4.78 is 21.7. The first kappa shape index (κ1) is 17.4. The van der Waals surface area contributed by atoms with Crippen molar-refractivity contribution in [2.75, 3.05) is 5.43 Å². The first-order chi connectivity index (χ1) is 12.0. The maximum Gasteiger partial charge on any atom is 0.214 e. The van der Waals surface area contributed by atoms with Gasteiger partial charge < -0.3 is 10.2 Å². The molecule has 1 heterocycles. The van der Waals surface area contributed by atoms with Crippen LogP contribution in [0.4, 0.5) is 4.39 Å². The van der Waals surface area contributed by atoms with Crippen LogP contribution in [0.1, 0.15) is 17.0 Å². The minimum Gasteiger partial charge on any atom is -0.488 e. The number of nitrogens with zero attached hydrogens (tertiary/aromatic N) is 2. The third-order valence-corrected chi connectivity index (χ3v) is 4.14. The van der Waals surface area contributed by atoms with E-state index in [0.717, 1.165) is 5.56 Å². The third-order valence-electron chi connectivity index (χ3n) is 3.63. The van der Waals surface area contributed by atoms with E-state index >= 15 is 0 Å². The molecule has 0 amide bonds. The van der Waals surface area contributed by atoms with E-state index in [-0.39, 0.29) is 12.4 Å². The van der Waals surface area contributed by atoms with Crippen molar-refractivity contribution in [1.82, 2.24) is 14.9 Å². The van der Waals surface area contributed by atoms with Gasteiger partial charge in [0.2, 0.25) is 4.77 Å². The molecule has 0 aliphatic carbocycles. The van der Waals surface area contributed by atoms with E-state index < -0.39 is 0 Å². The fourth-order valence-corrected chi connectivity index (χ4v) is 2.76. The van der Waals surface area contributed by atoms with E-state index in [9.17, 15) is 4.39 Å². The molecule has 3 aromatic rings. The van der Waals surface area contributed by atoms with Crippen molar-refractivity contribution < 1.29 is 9.13 Å². The Hall–Kier alpha value is -2.38. The molecule has 0 spiro atoms. The minimum atomic E-state index is -0.295. The number of benzene rings is 2. The number of hydrogen-bond acceptors (Lipinski definition) is 4. The molecule has 130 valence electrons. The number of halogens is 2. The van der Waals surface area contributed by atoms with Gasteiger partial charge in [-0.1, -0.05) is 29.8 Å². The van der Waals surface area contributed by atoms with Crippen LogP contribution < -0.4 is 10.2 Å². The van der Waals surface area contributed by atoms with E-state index in [1.807, 2.05) is 6.92 Å². The average Bonchev–Trinajstić information content (AvgIpc) is 2.91. The zero-order chi connectivity index (χ0) is 17.8. The zero-order valence-corrected chi connectivity index (χ0v) is 15.0. The Balaban J connectivity index is 1.76. The fourth-order valence-electron chi connectivity index (χ4n) is 2.32. The Kier molecular flexibility index (Phi) is 5.35.